The van der Waals surface area contributed by atoms with E-state index < -0.39 is 0 Å². The molecule has 0 bridgehead atoms. The fourth-order valence-corrected chi connectivity index (χ4v) is 2.52. The van der Waals surface area contributed by atoms with Gasteiger partial charge in [0.25, 0.3) is 0 Å². The van der Waals surface area contributed by atoms with E-state index in [2.05, 4.69) is 4.98 Å². The molecule has 23 heavy (non-hydrogen) atoms. The zero-order chi connectivity index (χ0) is 16.1. The Balaban J connectivity index is 1.60. The van der Waals surface area contributed by atoms with E-state index in [1.807, 2.05) is 23.1 Å². The van der Waals surface area contributed by atoms with Crippen molar-refractivity contribution in [2.24, 2.45) is 0 Å². The third-order valence-electron chi connectivity index (χ3n) is 3.84. The first-order chi connectivity index (χ1) is 11.2. The third kappa shape index (κ3) is 4.49. The van der Waals surface area contributed by atoms with E-state index in [9.17, 15) is 9.18 Å². The lowest BCUT2D eigenvalue weighted by molar-refractivity contribution is -0.131. The minimum absolute atomic E-state index is 0.101. The van der Waals surface area contributed by atoms with Crippen molar-refractivity contribution >= 4 is 12.0 Å². The topological polar surface area (TPSA) is 33.2 Å². The van der Waals surface area contributed by atoms with Gasteiger partial charge in [0.2, 0.25) is 5.91 Å². The van der Waals surface area contributed by atoms with Gasteiger partial charge in [-0.05, 0) is 42.2 Å². The standard InChI is InChI=1S/C19H19FN2O/c20-17-7-1-4-15(12-17)5-2-8-19(23)22(18-9-10-18)14-16-6-3-11-21-13-16/h1-7,11-13,18H,8-10,14H2/b5-2+. The van der Waals surface area contributed by atoms with Crippen LogP contribution in [-0.4, -0.2) is 21.8 Å². The van der Waals surface area contributed by atoms with Crippen molar-refractivity contribution in [2.75, 3.05) is 0 Å². The number of rotatable bonds is 6. The van der Waals surface area contributed by atoms with Crippen LogP contribution in [0.1, 0.15) is 30.4 Å². The van der Waals surface area contributed by atoms with Crippen LogP contribution in [0.5, 0.6) is 0 Å². The maximum Gasteiger partial charge on any atom is 0.226 e. The Labute approximate surface area is 135 Å². The van der Waals surface area contributed by atoms with Crippen LogP contribution in [0.3, 0.4) is 0 Å². The highest BCUT2D eigenvalue weighted by Gasteiger charge is 2.31. The highest BCUT2D eigenvalue weighted by atomic mass is 19.1. The zero-order valence-electron chi connectivity index (χ0n) is 12.9. The Bertz CT molecular complexity index is 696. The summed E-state index contributed by atoms with van der Waals surface area (Å²) < 4.78 is 13.1. The molecule has 0 saturated heterocycles. The maximum absolute atomic E-state index is 13.1. The fourth-order valence-electron chi connectivity index (χ4n) is 2.52. The number of benzene rings is 1. The minimum atomic E-state index is -0.269. The van der Waals surface area contributed by atoms with Gasteiger partial charge < -0.3 is 4.90 Å². The van der Waals surface area contributed by atoms with E-state index in [1.165, 1.54) is 12.1 Å². The molecule has 3 nitrogen and oxygen atoms in total. The second-order valence-electron chi connectivity index (χ2n) is 5.78. The molecule has 0 unspecified atom stereocenters. The first-order valence-corrected chi connectivity index (χ1v) is 7.83. The molecule has 1 aliphatic rings. The van der Waals surface area contributed by atoms with Crippen molar-refractivity contribution in [3.63, 3.8) is 0 Å². The van der Waals surface area contributed by atoms with Gasteiger partial charge in [-0.25, -0.2) is 4.39 Å². The van der Waals surface area contributed by atoms with Gasteiger partial charge in [-0.1, -0.05) is 30.4 Å². The molecule has 1 saturated carbocycles. The number of pyridine rings is 1. The van der Waals surface area contributed by atoms with Crippen LogP contribution in [-0.2, 0) is 11.3 Å². The quantitative estimate of drug-likeness (QED) is 0.813. The van der Waals surface area contributed by atoms with Crippen molar-refractivity contribution in [3.05, 3.63) is 71.8 Å². The Morgan fingerprint density at radius 3 is 2.87 bits per heavy atom. The van der Waals surface area contributed by atoms with Crippen LogP contribution in [0.4, 0.5) is 4.39 Å². The molecule has 0 atom stereocenters. The summed E-state index contributed by atoms with van der Waals surface area (Å²) in [5.74, 6) is -0.168. The Morgan fingerprint density at radius 2 is 2.17 bits per heavy atom. The molecular formula is C19H19FN2O. The van der Waals surface area contributed by atoms with Crippen molar-refractivity contribution in [1.29, 1.82) is 0 Å². The highest BCUT2D eigenvalue weighted by Crippen LogP contribution is 2.29. The van der Waals surface area contributed by atoms with E-state index >= 15 is 0 Å². The summed E-state index contributed by atoms with van der Waals surface area (Å²) in [6, 6.07) is 10.6. The third-order valence-corrected chi connectivity index (χ3v) is 3.84. The van der Waals surface area contributed by atoms with Gasteiger partial charge in [0.1, 0.15) is 5.82 Å². The second kappa shape index (κ2) is 7.18. The van der Waals surface area contributed by atoms with Crippen LogP contribution in [0.2, 0.25) is 0 Å². The molecule has 1 aromatic carbocycles. The average Bonchev–Trinajstić information content (AvgIpc) is 3.38. The molecule has 0 aliphatic heterocycles. The summed E-state index contributed by atoms with van der Waals surface area (Å²) in [6.45, 7) is 0.602. The van der Waals surface area contributed by atoms with E-state index in [1.54, 1.807) is 30.6 Å². The van der Waals surface area contributed by atoms with E-state index in [0.29, 0.717) is 19.0 Å². The number of amides is 1. The van der Waals surface area contributed by atoms with Gasteiger partial charge in [-0.3, -0.25) is 9.78 Å². The molecule has 0 radical (unpaired) electrons. The number of halogens is 1. The molecular weight excluding hydrogens is 291 g/mol. The maximum atomic E-state index is 13.1. The van der Waals surface area contributed by atoms with Crippen LogP contribution >= 0.6 is 0 Å². The van der Waals surface area contributed by atoms with Crippen LogP contribution in [0.25, 0.3) is 6.08 Å². The SMILES string of the molecule is O=C(C/C=C/c1cccc(F)c1)N(Cc1cccnc1)C1CC1. The molecule has 2 aromatic rings. The van der Waals surface area contributed by atoms with Crippen LogP contribution in [0.15, 0.2) is 54.9 Å². The number of nitrogens with zero attached hydrogens (tertiary/aromatic N) is 2. The number of carbonyl (C=O) groups is 1. The molecule has 1 heterocycles. The zero-order valence-corrected chi connectivity index (χ0v) is 12.9. The Kier molecular flexibility index (Phi) is 4.81. The van der Waals surface area contributed by atoms with Crippen LogP contribution in [0, 0.1) is 5.82 Å². The number of aromatic nitrogens is 1. The Hall–Kier alpha value is -2.49. The molecule has 1 aromatic heterocycles. The van der Waals surface area contributed by atoms with Gasteiger partial charge in [0.15, 0.2) is 0 Å². The smallest absolute Gasteiger partial charge is 0.226 e. The Morgan fingerprint density at radius 1 is 1.30 bits per heavy atom. The van der Waals surface area contributed by atoms with Crippen LogP contribution < -0.4 is 0 Å². The van der Waals surface area contributed by atoms with Gasteiger partial charge in [0, 0.05) is 31.4 Å². The largest absolute Gasteiger partial charge is 0.335 e. The predicted octanol–water partition coefficient (Wildman–Crippen LogP) is 3.82. The predicted molar refractivity (Wildman–Crippen MR) is 87.9 cm³/mol. The van der Waals surface area contributed by atoms with E-state index in [-0.39, 0.29) is 11.7 Å². The van der Waals surface area contributed by atoms with Crippen molar-refractivity contribution in [3.8, 4) is 0 Å². The van der Waals surface area contributed by atoms with Gasteiger partial charge in [-0.2, -0.15) is 0 Å². The summed E-state index contributed by atoms with van der Waals surface area (Å²) in [5.41, 5.74) is 1.81. The van der Waals surface area contributed by atoms with Gasteiger partial charge in [-0.15, -0.1) is 0 Å². The summed E-state index contributed by atoms with van der Waals surface area (Å²) in [7, 11) is 0. The van der Waals surface area contributed by atoms with Gasteiger partial charge >= 0.3 is 0 Å². The molecule has 1 amide bonds. The second-order valence-corrected chi connectivity index (χ2v) is 5.78. The van der Waals surface area contributed by atoms with Crippen molar-refractivity contribution in [2.45, 2.75) is 31.8 Å². The molecule has 4 heteroatoms. The van der Waals surface area contributed by atoms with Gasteiger partial charge in [0.05, 0.1) is 0 Å². The fraction of sp³-hybridized carbons (Fsp3) is 0.263. The molecule has 118 valence electrons. The average molecular weight is 310 g/mol. The lowest BCUT2D eigenvalue weighted by Gasteiger charge is -2.21. The monoisotopic (exact) mass is 310 g/mol. The molecule has 0 spiro atoms. The number of hydrogen-bond acceptors (Lipinski definition) is 2. The lowest BCUT2D eigenvalue weighted by Crippen LogP contribution is -2.32. The minimum Gasteiger partial charge on any atom is -0.335 e. The molecule has 1 fully saturated rings. The number of hydrogen-bond donors (Lipinski definition) is 0. The summed E-state index contributed by atoms with van der Waals surface area (Å²) >= 11 is 0. The summed E-state index contributed by atoms with van der Waals surface area (Å²) in [4.78, 5) is 18.5. The highest BCUT2D eigenvalue weighted by molar-refractivity contribution is 5.79. The van der Waals surface area contributed by atoms with Crippen molar-refractivity contribution < 1.29 is 9.18 Å². The van der Waals surface area contributed by atoms with E-state index in [4.69, 9.17) is 0 Å². The van der Waals surface area contributed by atoms with Crippen molar-refractivity contribution in [1.82, 2.24) is 9.88 Å². The summed E-state index contributed by atoms with van der Waals surface area (Å²) in [5, 5.41) is 0. The normalized spacial score (nSPS) is 14.1. The first-order valence-electron chi connectivity index (χ1n) is 7.83. The first kappa shape index (κ1) is 15.4. The molecule has 1 aliphatic carbocycles. The van der Waals surface area contributed by atoms with E-state index in [0.717, 1.165) is 24.0 Å². The summed E-state index contributed by atoms with van der Waals surface area (Å²) in [6.07, 6.45) is 9.58. The lowest BCUT2D eigenvalue weighted by atomic mass is 10.2. The number of carbonyl (C=O) groups excluding carboxylic acids is 1. The molecule has 3 rings (SSSR count). The molecule has 0 N–H and O–H groups in total.